The fourth-order valence-corrected chi connectivity index (χ4v) is 2.75. The monoisotopic (exact) mass is 277 g/mol. The van der Waals surface area contributed by atoms with Crippen molar-refractivity contribution in [1.29, 1.82) is 0 Å². The molecule has 0 N–H and O–H groups in total. The van der Waals surface area contributed by atoms with Gasteiger partial charge in [0.1, 0.15) is 0 Å². The zero-order valence-electron chi connectivity index (χ0n) is 12.6. The van der Waals surface area contributed by atoms with Crippen LogP contribution in [0.2, 0.25) is 0 Å². The molecule has 3 atom stereocenters. The third kappa shape index (κ3) is 4.34. The average Bonchev–Trinajstić information content (AvgIpc) is 2.24. The van der Waals surface area contributed by atoms with Crippen LogP contribution in [0.4, 0.5) is 0 Å². The summed E-state index contributed by atoms with van der Waals surface area (Å²) in [5, 5.41) is -0.308. The largest absolute Gasteiger partial charge is 0.370 e. The Labute approximate surface area is 111 Å². The number of ether oxygens (including phenoxy) is 1. The third-order valence-electron chi connectivity index (χ3n) is 3.57. The van der Waals surface area contributed by atoms with Crippen molar-refractivity contribution in [3.05, 3.63) is 0 Å². The van der Waals surface area contributed by atoms with Crippen LogP contribution in [0.15, 0.2) is 0 Å². The number of hydrogen-bond acceptors (Lipinski definition) is 4. The molecule has 3 unspecified atom stereocenters. The second kappa shape index (κ2) is 6.04. The van der Waals surface area contributed by atoms with Crippen molar-refractivity contribution in [3.63, 3.8) is 0 Å². The summed E-state index contributed by atoms with van der Waals surface area (Å²) in [6, 6.07) is 0. The van der Waals surface area contributed by atoms with E-state index in [2.05, 4.69) is 18.7 Å². The van der Waals surface area contributed by atoms with Gasteiger partial charge in [-0.1, -0.05) is 27.7 Å². The second-order valence-corrected chi connectivity index (χ2v) is 9.52. The van der Waals surface area contributed by atoms with Crippen LogP contribution in [0.5, 0.6) is 0 Å². The van der Waals surface area contributed by atoms with Crippen molar-refractivity contribution < 1.29 is 13.8 Å². The van der Waals surface area contributed by atoms with Crippen molar-refractivity contribution in [2.45, 2.75) is 52.0 Å². The topological polar surface area (TPSA) is 38.8 Å². The van der Waals surface area contributed by atoms with Crippen molar-refractivity contribution >= 4 is 7.37 Å². The minimum absolute atomic E-state index is 0.0318. The van der Waals surface area contributed by atoms with E-state index >= 15 is 0 Å². The standard InChI is InChI=1S/C13H28NO3P/c1-7-14-8-11(2)17-12(9-14)10-16-18(6,15)13(3,4)5/h11-12H,7-10H2,1-6H3. The average molecular weight is 277 g/mol. The van der Waals surface area contributed by atoms with E-state index < -0.39 is 7.37 Å². The lowest BCUT2D eigenvalue weighted by molar-refractivity contribution is -0.0900. The minimum atomic E-state index is -2.59. The molecule has 1 saturated heterocycles. The molecule has 1 aliphatic rings. The van der Waals surface area contributed by atoms with Crippen LogP contribution in [-0.4, -0.2) is 55.2 Å². The number of morpholine rings is 1. The van der Waals surface area contributed by atoms with Gasteiger partial charge in [0, 0.05) is 24.9 Å². The number of likely N-dealkylation sites (N-methyl/N-ethyl adjacent to an activating group) is 1. The van der Waals surface area contributed by atoms with E-state index in [1.165, 1.54) is 0 Å². The Kier molecular flexibility index (Phi) is 5.43. The predicted molar refractivity (Wildman–Crippen MR) is 75.7 cm³/mol. The van der Waals surface area contributed by atoms with Crippen LogP contribution in [0, 0.1) is 0 Å². The summed E-state index contributed by atoms with van der Waals surface area (Å²) in [6.45, 7) is 15.1. The van der Waals surface area contributed by atoms with Crippen molar-refractivity contribution in [1.82, 2.24) is 4.90 Å². The molecule has 5 heteroatoms. The van der Waals surface area contributed by atoms with Crippen molar-refractivity contribution in [3.8, 4) is 0 Å². The van der Waals surface area contributed by atoms with Gasteiger partial charge >= 0.3 is 0 Å². The Hall–Kier alpha value is 0.110. The van der Waals surface area contributed by atoms with Gasteiger partial charge in [0.25, 0.3) is 0 Å². The molecule has 1 rings (SSSR count). The summed E-state index contributed by atoms with van der Waals surface area (Å²) in [5.41, 5.74) is 0. The van der Waals surface area contributed by atoms with Gasteiger partial charge in [0.05, 0.1) is 18.8 Å². The lowest BCUT2D eigenvalue weighted by Gasteiger charge is -2.37. The zero-order valence-corrected chi connectivity index (χ0v) is 13.5. The van der Waals surface area contributed by atoms with Gasteiger partial charge in [-0.3, -0.25) is 9.46 Å². The maximum absolute atomic E-state index is 12.4. The summed E-state index contributed by atoms with van der Waals surface area (Å²) >= 11 is 0. The highest BCUT2D eigenvalue weighted by molar-refractivity contribution is 7.59. The molecule has 4 nitrogen and oxygen atoms in total. The Bertz CT molecular complexity index is 314. The van der Waals surface area contributed by atoms with E-state index in [1.807, 2.05) is 20.8 Å². The van der Waals surface area contributed by atoms with E-state index in [0.717, 1.165) is 19.6 Å². The highest BCUT2D eigenvalue weighted by atomic mass is 31.2. The highest BCUT2D eigenvalue weighted by Crippen LogP contribution is 2.55. The molecule has 108 valence electrons. The van der Waals surface area contributed by atoms with E-state index in [4.69, 9.17) is 9.26 Å². The van der Waals surface area contributed by atoms with Gasteiger partial charge in [-0.2, -0.15) is 0 Å². The van der Waals surface area contributed by atoms with Crippen LogP contribution >= 0.6 is 7.37 Å². The van der Waals surface area contributed by atoms with Gasteiger partial charge < -0.3 is 9.26 Å². The predicted octanol–water partition coefficient (Wildman–Crippen LogP) is 2.82. The molecule has 0 radical (unpaired) electrons. The van der Waals surface area contributed by atoms with Gasteiger partial charge in [-0.15, -0.1) is 0 Å². The Morgan fingerprint density at radius 3 is 2.50 bits per heavy atom. The van der Waals surface area contributed by atoms with Crippen LogP contribution in [0.3, 0.4) is 0 Å². The summed E-state index contributed by atoms with van der Waals surface area (Å²) in [5.74, 6) is 0. The van der Waals surface area contributed by atoms with E-state index in [0.29, 0.717) is 6.61 Å². The van der Waals surface area contributed by atoms with E-state index in [1.54, 1.807) is 6.66 Å². The molecule has 1 aliphatic heterocycles. The number of rotatable bonds is 4. The molecule has 0 aromatic carbocycles. The first-order valence-corrected chi connectivity index (χ1v) is 8.83. The van der Waals surface area contributed by atoms with Gasteiger partial charge in [-0.05, 0) is 13.5 Å². The fraction of sp³-hybridized carbons (Fsp3) is 1.00. The quantitative estimate of drug-likeness (QED) is 0.741. The molecular formula is C13H28NO3P. The van der Waals surface area contributed by atoms with Crippen molar-refractivity contribution in [2.24, 2.45) is 0 Å². The normalized spacial score (nSPS) is 30.1. The molecule has 0 aromatic heterocycles. The van der Waals surface area contributed by atoms with E-state index in [9.17, 15) is 4.57 Å². The lowest BCUT2D eigenvalue weighted by Crippen LogP contribution is -2.48. The maximum atomic E-state index is 12.4. The molecule has 0 aliphatic carbocycles. The van der Waals surface area contributed by atoms with Crippen LogP contribution < -0.4 is 0 Å². The number of hydrogen-bond donors (Lipinski definition) is 0. The summed E-state index contributed by atoms with van der Waals surface area (Å²) in [6.07, 6.45) is 0.252. The molecule has 1 fully saturated rings. The summed E-state index contributed by atoms with van der Waals surface area (Å²) in [7, 11) is -2.59. The fourth-order valence-electron chi connectivity index (χ4n) is 1.91. The summed E-state index contributed by atoms with van der Waals surface area (Å²) in [4.78, 5) is 2.35. The Balaban J connectivity index is 2.51. The van der Waals surface area contributed by atoms with Crippen LogP contribution in [0.1, 0.15) is 34.6 Å². The third-order valence-corrected chi connectivity index (χ3v) is 6.65. The highest BCUT2D eigenvalue weighted by Gasteiger charge is 2.34. The van der Waals surface area contributed by atoms with Crippen molar-refractivity contribution in [2.75, 3.05) is 32.9 Å². The van der Waals surface area contributed by atoms with Gasteiger partial charge in [0.15, 0.2) is 0 Å². The molecule has 0 aromatic rings. The number of nitrogens with zero attached hydrogens (tertiary/aromatic N) is 1. The smallest absolute Gasteiger partial charge is 0.205 e. The Morgan fingerprint density at radius 1 is 1.39 bits per heavy atom. The molecular weight excluding hydrogens is 249 g/mol. The first kappa shape index (κ1) is 16.2. The first-order valence-electron chi connectivity index (χ1n) is 6.75. The Morgan fingerprint density at radius 2 is 2.00 bits per heavy atom. The zero-order chi connectivity index (χ0) is 14.0. The lowest BCUT2D eigenvalue weighted by atomic mass is 10.2. The minimum Gasteiger partial charge on any atom is -0.370 e. The molecule has 0 bridgehead atoms. The SMILES string of the molecule is CCN1CC(C)OC(COP(C)(=O)C(C)(C)C)C1. The summed E-state index contributed by atoms with van der Waals surface area (Å²) < 4.78 is 23.9. The van der Waals surface area contributed by atoms with Gasteiger partial charge in [-0.25, -0.2) is 0 Å². The second-order valence-electron chi connectivity index (χ2n) is 6.23. The molecule has 0 spiro atoms. The van der Waals surface area contributed by atoms with E-state index in [-0.39, 0.29) is 17.4 Å². The maximum Gasteiger partial charge on any atom is 0.205 e. The molecule has 0 saturated carbocycles. The van der Waals surface area contributed by atoms with Gasteiger partial charge in [0.2, 0.25) is 7.37 Å². The van der Waals surface area contributed by atoms with Crippen LogP contribution in [-0.2, 0) is 13.8 Å². The molecule has 0 amide bonds. The molecule has 1 heterocycles. The van der Waals surface area contributed by atoms with Crippen LogP contribution in [0.25, 0.3) is 0 Å². The molecule has 18 heavy (non-hydrogen) atoms. The first-order chi connectivity index (χ1) is 8.15.